The summed E-state index contributed by atoms with van der Waals surface area (Å²) in [6.07, 6.45) is 0.839. The molecule has 0 spiro atoms. The quantitative estimate of drug-likeness (QED) is 0.875. The first kappa shape index (κ1) is 12.4. The topological polar surface area (TPSA) is 49.4 Å². The largest absolute Gasteiger partial charge is 0.301 e. The number of anilines is 1. The van der Waals surface area contributed by atoms with Gasteiger partial charge in [-0.15, -0.1) is 0 Å². The van der Waals surface area contributed by atoms with Gasteiger partial charge >= 0.3 is 10.2 Å². The molecule has 0 aliphatic carbocycles. The van der Waals surface area contributed by atoms with Crippen molar-refractivity contribution in [1.29, 1.82) is 0 Å². The van der Waals surface area contributed by atoms with Crippen molar-refractivity contribution in [3.05, 3.63) is 29.8 Å². The van der Waals surface area contributed by atoms with Crippen molar-refractivity contribution >= 4 is 15.9 Å². The molecule has 0 bridgehead atoms. The van der Waals surface area contributed by atoms with Crippen LogP contribution >= 0.6 is 0 Å². The lowest BCUT2D eigenvalue weighted by atomic mass is 10.0. The minimum atomic E-state index is -3.35. The van der Waals surface area contributed by atoms with E-state index in [4.69, 9.17) is 0 Å². The standard InChI is InChI=1S/C12H18N2O2S/c1-10(2)11-6-3-4-7-12(11)14-9-5-8-13-17(14,15)16/h3-4,6-7,10,13H,5,8-9H2,1-2H3. The number of para-hydroxylation sites is 1. The molecule has 1 N–H and O–H groups in total. The molecule has 0 radical (unpaired) electrons. The first-order valence-electron chi connectivity index (χ1n) is 5.88. The Balaban J connectivity index is 2.46. The van der Waals surface area contributed by atoms with Gasteiger partial charge in [0.25, 0.3) is 0 Å². The third kappa shape index (κ3) is 2.45. The monoisotopic (exact) mass is 254 g/mol. The van der Waals surface area contributed by atoms with Gasteiger partial charge in [0, 0.05) is 13.1 Å². The Morgan fingerprint density at radius 3 is 2.65 bits per heavy atom. The Morgan fingerprint density at radius 2 is 2.00 bits per heavy atom. The van der Waals surface area contributed by atoms with Crippen LogP contribution in [0.25, 0.3) is 0 Å². The van der Waals surface area contributed by atoms with Crippen LogP contribution in [0, 0.1) is 0 Å². The molecule has 1 aliphatic rings. The van der Waals surface area contributed by atoms with Gasteiger partial charge in [-0.1, -0.05) is 32.0 Å². The van der Waals surface area contributed by atoms with Crippen LogP contribution in [0.4, 0.5) is 5.69 Å². The van der Waals surface area contributed by atoms with Crippen LogP contribution in [-0.2, 0) is 10.2 Å². The molecule has 1 aromatic rings. The van der Waals surface area contributed by atoms with Gasteiger partial charge in [0.2, 0.25) is 0 Å². The van der Waals surface area contributed by atoms with Crippen LogP contribution in [0.3, 0.4) is 0 Å². The highest BCUT2D eigenvalue weighted by Gasteiger charge is 2.27. The molecule has 0 saturated carbocycles. The Morgan fingerprint density at radius 1 is 1.29 bits per heavy atom. The summed E-state index contributed by atoms with van der Waals surface area (Å²) in [5.41, 5.74) is 1.87. The van der Waals surface area contributed by atoms with E-state index in [0.29, 0.717) is 19.0 Å². The van der Waals surface area contributed by atoms with Gasteiger partial charge < -0.3 is 0 Å². The van der Waals surface area contributed by atoms with E-state index < -0.39 is 10.2 Å². The molecule has 0 amide bonds. The summed E-state index contributed by atoms with van der Waals surface area (Å²) in [4.78, 5) is 0. The number of nitrogens with one attached hydrogen (secondary N) is 1. The summed E-state index contributed by atoms with van der Waals surface area (Å²) in [7, 11) is -3.35. The first-order valence-corrected chi connectivity index (χ1v) is 7.32. The smallest absolute Gasteiger partial charge is 0.258 e. The van der Waals surface area contributed by atoms with Crippen LogP contribution < -0.4 is 9.03 Å². The zero-order valence-corrected chi connectivity index (χ0v) is 11.0. The normalized spacial score (nSPS) is 19.6. The maximum absolute atomic E-state index is 12.0. The highest BCUT2D eigenvalue weighted by atomic mass is 32.2. The second-order valence-electron chi connectivity index (χ2n) is 4.54. The van der Waals surface area contributed by atoms with Crippen LogP contribution in [0.1, 0.15) is 31.7 Å². The van der Waals surface area contributed by atoms with Crippen molar-refractivity contribution in [3.8, 4) is 0 Å². The zero-order valence-electron chi connectivity index (χ0n) is 10.2. The number of nitrogens with zero attached hydrogens (tertiary/aromatic N) is 1. The predicted octanol–water partition coefficient (Wildman–Crippen LogP) is 1.85. The van der Waals surface area contributed by atoms with E-state index in [2.05, 4.69) is 18.6 Å². The Labute approximate surface area is 103 Å². The second-order valence-corrected chi connectivity index (χ2v) is 6.22. The number of hydrogen-bond donors (Lipinski definition) is 1. The lowest BCUT2D eigenvalue weighted by molar-refractivity contribution is 0.559. The van der Waals surface area contributed by atoms with Crippen LogP contribution in [-0.4, -0.2) is 21.5 Å². The van der Waals surface area contributed by atoms with Crippen LogP contribution in [0.5, 0.6) is 0 Å². The van der Waals surface area contributed by atoms with Crippen molar-refractivity contribution in [2.24, 2.45) is 0 Å². The van der Waals surface area contributed by atoms with E-state index in [1.807, 2.05) is 24.3 Å². The summed E-state index contributed by atoms with van der Waals surface area (Å²) >= 11 is 0. The lowest BCUT2D eigenvalue weighted by Crippen LogP contribution is -2.47. The summed E-state index contributed by atoms with van der Waals surface area (Å²) in [6.45, 7) is 5.23. The minimum Gasteiger partial charge on any atom is -0.258 e. The van der Waals surface area contributed by atoms with Gasteiger partial charge in [-0.05, 0) is 24.0 Å². The fraction of sp³-hybridized carbons (Fsp3) is 0.500. The van der Waals surface area contributed by atoms with Gasteiger partial charge in [0.15, 0.2) is 0 Å². The van der Waals surface area contributed by atoms with Crippen molar-refractivity contribution in [2.75, 3.05) is 17.4 Å². The van der Waals surface area contributed by atoms with Gasteiger partial charge in [-0.3, -0.25) is 4.31 Å². The highest BCUT2D eigenvalue weighted by molar-refractivity contribution is 7.90. The summed E-state index contributed by atoms with van der Waals surface area (Å²) in [6, 6.07) is 7.69. The molecule has 94 valence electrons. The molecule has 0 aromatic heterocycles. The zero-order chi connectivity index (χ0) is 12.5. The molecule has 1 fully saturated rings. The maximum Gasteiger partial charge on any atom is 0.301 e. The van der Waals surface area contributed by atoms with Crippen LogP contribution in [0.15, 0.2) is 24.3 Å². The fourth-order valence-corrected chi connectivity index (χ4v) is 3.43. The molecule has 5 heteroatoms. The third-order valence-corrected chi connectivity index (χ3v) is 4.47. The highest BCUT2D eigenvalue weighted by Crippen LogP contribution is 2.29. The van der Waals surface area contributed by atoms with E-state index in [1.165, 1.54) is 4.31 Å². The van der Waals surface area contributed by atoms with Crippen molar-refractivity contribution in [3.63, 3.8) is 0 Å². The minimum absolute atomic E-state index is 0.309. The average molecular weight is 254 g/mol. The number of benzene rings is 1. The second kappa shape index (κ2) is 4.66. The molecule has 1 saturated heterocycles. The fourth-order valence-electron chi connectivity index (χ4n) is 2.07. The molecular weight excluding hydrogens is 236 g/mol. The Bertz CT molecular complexity index is 497. The number of hydrogen-bond acceptors (Lipinski definition) is 2. The Hall–Kier alpha value is -1.07. The molecule has 0 atom stereocenters. The molecule has 0 unspecified atom stereocenters. The molecule has 1 aliphatic heterocycles. The van der Waals surface area contributed by atoms with Gasteiger partial charge in [0.1, 0.15) is 0 Å². The van der Waals surface area contributed by atoms with E-state index in [-0.39, 0.29) is 0 Å². The summed E-state index contributed by atoms with van der Waals surface area (Å²) < 4.78 is 28.0. The molecule has 4 nitrogen and oxygen atoms in total. The number of rotatable bonds is 2. The Kier molecular flexibility index (Phi) is 3.40. The third-order valence-electron chi connectivity index (χ3n) is 2.94. The van der Waals surface area contributed by atoms with Crippen molar-refractivity contribution in [2.45, 2.75) is 26.2 Å². The summed E-state index contributed by atoms with van der Waals surface area (Å²) in [5, 5.41) is 0. The molecule has 17 heavy (non-hydrogen) atoms. The average Bonchev–Trinajstić information content (AvgIpc) is 2.28. The lowest BCUT2D eigenvalue weighted by Gasteiger charge is -2.30. The first-order chi connectivity index (χ1) is 8.02. The van der Waals surface area contributed by atoms with Gasteiger partial charge in [0.05, 0.1) is 5.69 Å². The van der Waals surface area contributed by atoms with Crippen molar-refractivity contribution in [1.82, 2.24) is 4.72 Å². The van der Waals surface area contributed by atoms with E-state index in [9.17, 15) is 8.42 Å². The molecular formula is C12H18N2O2S. The molecule has 1 aromatic carbocycles. The van der Waals surface area contributed by atoms with E-state index >= 15 is 0 Å². The van der Waals surface area contributed by atoms with Gasteiger partial charge in [-0.2, -0.15) is 13.1 Å². The predicted molar refractivity (Wildman–Crippen MR) is 69.4 cm³/mol. The maximum atomic E-state index is 12.0. The van der Waals surface area contributed by atoms with E-state index in [0.717, 1.165) is 17.7 Å². The van der Waals surface area contributed by atoms with E-state index in [1.54, 1.807) is 0 Å². The SMILES string of the molecule is CC(C)c1ccccc1N1CCCNS1(=O)=O. The van der Waals surface area contributed by atoms with Crippen molar-refractivity contribution < 1.29 is 8.42 Å². The van der Waals surface area contributed by atoms with Gasteiger partial charge in [-0.25, -0.2) is 0 Å². The van der Waals surface area contributed by atoms with Crippen LogP contribution in [0.2, 0.25) is 0 Å². The summed E-state index contributed by atoms with van der Waals surface area (Å²) in [5.74, 6) is 0.309. The molecule has 1 heterocycles. The molecule has 2 rings (SSSR count).